The predicted molar refractivity (Wildman–Crippen MR) is 78.8 cm³/mol. The van der Waals surface area contributed by atoms with Gasteiger partial charge in [-0.2, -0.15) is 0 Å². The molecule has 1 heterocycles. The molecule has 2 heteroatoms. The average molecular weight is 259 g/mol. The van der Waals surface area contributed by atoms with Crippen LogP contribution in [-0.4, -0.2) is 31.1 Å². The number of rotatable bonds is 3. The number of ether oxygens (including phenoxy) is 1. The zero-order valence-electron chi connectivity index (χ0n) is 12.2. The summed E-state index contributed by atoms with van der Waals surface area (Å²) >= 11 is 0. The van der Waals surface area contributed by atoms with Gasteiger partial charge >= 0.3 is 0 Å². The van der Waals surface area contributed by atoms with E-state index in [1.807, 2.05) is 0 Å². The molecule has 0 unspecified atom stereocenters. The third kappa shape index (κ3) is 2.38. The van der Waals surface area contributed by atoms with Crippen molar-refractivity contribution in [2.45, 2.75) is 45.1 Å². The van der Waals surface area contributed by atoms with Crippen LogP contribution < -0.4 is 4.74 Å². The van der Waals surface area contributed by atoms with E-state index in [1.54, 1.807) is 7.11 Å². The predicted octanol–water partition coefficient (Wildman–Crippen LogP) is 3.28. The van der Waals surface area contributed by atoms with E-state index >= 15 is 0 Å². The largest absolute Gasteiger partial charge is 0.496 e. The summed E-state index contributed by atoms with van der Waals surface area (Å²) in [5, 5.41) is 0. The molecule has 104 valence electrons. The van der Waals surface area contributed by atoms with Crippen LogP contribution in [-0.2, 0) is 12.8 Å². The van der Waals surface area contributed by atoms with E-state index in [1.165, 1.54) is 56.3 Å². The van der Waals surface area contributed by atoms with Gasteiger partial charge in [-0.1, -0.05) is 19.1 Å². The third-order valence-electron chi connectivity index (χ3n) is 4.89. The summed E-state index contributed by atoms with van der Waals surface area (Å²) < 4.78 is 5.55. The van der Waals surface area contributed by atoms with Gasteiger partial charge in [0.2, 0.25) is 0 Å². The van der Waals surface area contributed by atoms with Gasteiger partial charge in [-0.3, -0.25) is 4.90 Å². The molecular weight excluding hydrogens is 234 g/mol. The molecule has 0 amide bonds. The Labute approximate surface area is 116 Å². The minimum Gasteiger partial charge on any atom is -0.496 e. The van der Waals surface area contributed by atoms with Crippen LogP contribution in [0, 0.1) is 5.92 Å². The molecule has 0 radical (unpaired) electrons. The number of hydrogen-bond acceptors (Lipinski definition) is 2. The first kappa shape index (κ1) is 13.0. The van der Waals surface area contributed by atoms with Crippen molar-refractivity contribution in [3.05, 3.63) is 29.3 Å². The van der Waals surface area contributed by atoms with Crippen molar-refractivity contribution in [3.8, 4) is 5.75 Å². The highest BCUT2D eigenvalue weighted by Gasteiger charge is 2.35. The van der Waals surface area contributed by atoms with Gasteiger partial charge in [0.25, 0.3) is 0 Å². The molecule has 1 aliphatic heterocycles. The summed E-state index contributed by atoms with van der Waals surface area (Å²) in [5.41, 5.74) is 2.99. The van der Waals surface area contributed by atoms with E-state index in [2.05, 4.69) is 30.0 Å². The fraction of sp³-hybridized carbons (Fsp3) is 0.647. The standard InChI is InChI=1S/C17H25NO/c1-3-9-18-10-5-7-14-11-15-13(12-16(14)18)6-4-8-17(15)19-2/h4,6,8,14,16H,3,5,7,9-12H2,1-2H3/t14-,16-/m1/s1. The molecule has 19 heavy (non-hydrogen) atoms. The lowest BCUT2D eigenvalue weighted by molar-refractivity contribution is 0.0849. The Kier molecular flexibility index (Phi) is 3.79. The van der Waals surface area contributed by atoms with E-state index < -0.39 is 0 Å². The van der Waals surface area contributed by atoms with E-state index in [-0.39, 0.29) is 0 Å². The molecule has 1 aromatic rings. The second kappa shape index (κ2) is 5.54. The van der Waals surface area contributed by atoms with Crippen LogP contribution in [0.2, 0.25) is 0 Å². The van der Waals surface area contributed by atoms with Gasteiger partial charge in [0, 0.05) is 6.04 Å². The van der Waals surface area contributed by atoms with Crippen molar-refractivity contribution in [1.82, 2.24) is 4.90 Å². The summed E-state index contributed by atoms with van der Waals surface area (Å²) in [6, 6.07) is 7.33. The SMILES string of the molecule is CCCN1CCC[C@@H]2Cc3c(cccc3OC)C[C@H]21. The van der Waals surface area contributed by atoms with Crippen LogP contribution >= 0.6 is 0 Å². The summed E-state index contributed by atoms with van der Waals surface area (Å²) in [5.74, 6) is 1.94. The summed E-state index contributed by atoms with van der Waals surface area (Å²) in [6.45, 7) is 4.86. The molecule has 0 bridgehead atoms. The molecule has 1 saturated heterocycles. The van der Waals surface area contributed by atoms with Gasteiger partial charge < -0.3 is 4.74 Å². The van der Waals surface area contributed by atoms with E-state index in [0.717, 1.165) is 17.7 Å². The molecule has 0 N–H and O–H groups in total. The highest BCUT2D eigenvalue weighted by Crippen LogP contribution is 2.38. The fourth-order valence-corrected chi connectivity index (χ4v) is 4.02. The van der Waals surface area contributed by atoms with Gasteiger partial charge in [-0.25, -0.2) is 0 Å². The number of hydrogen-bond donors (Lipinski definition) is 0. The molecule has 0 saturated carbocycles. The van der Waals surface area contributed by atoms with Crippen molar-refractivity contribution < 1.29 is 4.74 Å². The maximum absolute atomic E-state index is 5.55. The quantitative estimate of drug-likeness (QED) is 0.826. The maximum atomic E-state index is 5.55. The number of fused-ring (bicyclic) bond motifs is 2. The number of methoxy groups -OCH3 is 1. The number of nitrogens with zero attached hydrogens (tertiary/aromatic N) is 1. The molecule has 1 aromatic carbocycles. The minimum absolute atomic E-state index is 0.772. The number of likely N-dealkylation sites (tertiary alicyclic amines) is 1. The monoisotopic (exact) mass is 259 g/mol. The number of piperidine rings is 1. The molecular formula is C17H25NO. The van der Waals surface area contributed by atoms with Crippen molar-refractivity contribution in [3.63, 3.8) is 0 Å². The molecule has 2 nitrogen and oxygen atoms in total. The van der Waals surface area contributed by atoms with Crippen LogP contribution in [0.25, 0.3) is 0 Å². The van der Waals surface area contributed by atoms with Gasteiger partial charge in [-0.15, -0.1) is 0 Å². The van der Waals surface area contributed by atoms with Crippen molar-refractivity contribution in [1.29, 1.82) is 0 Å². The molecule has 0 spiro atoms. The lowest BCUT2D eigenvalue weighted by atomic mass is 9.75. The van der Waals surface area contributed by atoms with Gasteiger partial charge in [-0.05, 0) is 68.3 Å². The summed E-state index contributed by atoms with van der Waals surface area (Å²) in [7, 11) is 1.80. The summed E-state index contributed by atoms with van der Waals surface area (Å²) in [4.78, 5) is 2.73. The average Bonchev–Trinajstić information content (AvgIpc) is 2.45. The highest BCUT2D eigenvalue weighted by molar-refractivity contribution is 5.43. The smallest absolute Gasteiger partial charge is 0.122 e. The second-order valence-corrected chi connectivity index (χ2v) is 6.01. The Morgan fingerprint density at radius 1 is 1.32 bits per heavy atom. The van der Waals surface area contributed by atoms with E-state index in [0.29, 0.717) is 0 Å². The van der Waals surface area contributed by atoms with Crippen LogP contribution in [0.15, 0.2) is 18.2 Å². The maximum Gasteiger partial charge on any atom is 0.122 e. The molecule has 1 aliphatic carbocycles. The molecule has 0 aromatic heterocycles. The molecule has 1 fully saturated rings. The molecule has 3 rings (SSSR count). The van der Waals surface area contributed by atoms with Gasteiger partial charge in [0.05, 0.1) is 7.11 Å². The first-order valence-corrected chi connectivity index (χ1v) is 7.72. The Morgan fingerprint density at radius 3 is 3.00 bits per heavy atom. The Hall–Kier alpha value is -1.02. The van der Waals surface area contributed by atoms with Gasteiger partial charge in [0.1, 0.15) is 5.75 Å². The van der Waals surface area contributed by atoms with E-state index in [9.17, 15) is 0 Å². The Morgan fingerprint density at radius 2 is 2.21 bits per heavy atom. The van der Waals surface area contributed by atoms with Crippen LogP contribution in [0.5, 0.6) is 5.75 Å². The zero-order valence-corrected chi connectivity index (χ0v) is 12.2. The lowest BCUT2D eigenvalue weighted by Gasteiger charge is -2.45. The van der Waals surface area contributed by atoms with Crippen LogP contribution in [0.3, 0.4) is 0 Å². The van der Waals surface area contributed by atoms with E-state index in [4.69, 9.17) is 4.74 Å². The van der Waals surface area contributed by atoms with Crippen molar-refractivity contribution in [2.75, 3.05) is 20.2 Å². The summed E-state index contributed by atoms with van der Waals surface area (Å²) in [6.07, 6.45) is 6.46. The lowest BCUT2D eigenvalue weighted by Crippen LogP contribution is -2.49. The zero-order chi connectivity index (χ0) is 13.2. The van der Waals surface area contributed by atoms with Crippen LogP contribution in [0.1, 0.15) is 37.3 Å². The van der Waals surface area contributed by atoms with Crippen molar-refractivity contribution >= 4 is 0 Å². The normalized spacial score (nSPS) is 26.6. The van der Waals surface area contributed by atoms with Gasteiger partial charge in [0.15, 0.2) is 0 Å². The topological polar surface area (TPSA) is 12.5 Å². The first-order valence-electron chi connectivity index (χ1n) is 7.72. The fourth-order valence-electron chi connectivity index (χ4n) is 4.02. The Bertz CT molecular complexity index is 441. The second-order valence-electron chi connectivity index (χ2n) is 6.01. The highest BCUT2D eigenvalue weighted by atomic mass is 16.5. The Balaban J connectivity index is 1.88. The number of benzene rings is 1. The third-order valence-corrected chi connectivity index (χ3v) is 4.89. The van der Waals surface area contributed by atoms with Crippen LogP contribution in [0.4, 0.5) is 0 Å². The molecule has 2 atom stereocenters. The minimum atomic E-state index is 0.772. The first-order chi connectivity index (χ1) is 9.33. The van der Waals surface area contributed by atoms with Crippen molar-refractivity contribution in [2.24, 2.45) is 5.92 Å². The molecule has 2 aliphatic rings.